The molecule has 1 saturated heterocycles. The molecule has 2 heterocycles. The maximum Gasteiger partial charge on any atom is 0.194 e. The Morgan fingerprint density at radius 2 is 1.92 bits per heavy atom. The summed E-state index contributed by atoms with van der Waals surface area (Å²) in [6, 6.07) is 12.4. The van der Waals surface area contributed by atoms with Crippen LogP contribution in [0.2, 0.25) is 0 Å². The van der Waals surface area contributed by atoms with E-state index in [0.29, 0.717) is 0 Å². The predicted molar refractivity (Wildman–Crippen MR) is 117 cm³/mol. The molecule has 1 aromatic carbocycles. The molecule has 1 aliphatic heterocycles. The van der Waals surface area contributed by atoms with Crippen molar-refractivity contribution in [2.24, 2.45) is 4.99 Å². The smallest absolute Gasteiger partial charge is 0.194 e. The summed E-state index contributed by atoms with van der Waals surface area (Å²) >= 11 is 1.77. The van der Waals surface area contributed by atoms with E-state index in [2.05, 4.69) is 49.8 Å². The van der Waals surface area contributed by atoms with Gasteiger partial charge in [0, 0.05) is 38.1 Å². The van der Waals surface area contributed by atoms with E-state index in [9.17, 15) is 0 Å². The number of hydrogen-bond donors (Lipinski definition) is 1. The molecule has 1 N–H and O–H groups in total. The third-order valence-corrected chi connectivity index (χ3v) is 5.09. The molecule has 0 unspecified atom stereocenters. The van der Waals surface area contributed by atoms with Gasteiger partial charge in [0.15, 0.2) is 5.96 Å². The van der Waals surface area contributed by atoms with Gasteiger partial charge >= 0.3 is 0 Å². The Balaban J connectivity index is 0.00000225. The molecule has 0 spiro atoms. The van der Waals surface area contributed by atoms with Crippen LogP contribution in [0, 0.1) is 0 Å². The summed E-state index contributed by atoms with van der Waals surface area (Å²) in [5, 5.41) is 5.56. The monoisotopic (exact) mass is 472 g/mol. The van der Waals surface area contributed by atoms with E-state index in [4.69, 9.17) is 4.74 Å². The highest BCUT2D eigenvalue weighted by atomic mass is 127. The van der Waals surface area contributed by atoms with Crippen LogP contribution in [0.3, 0.4) is 0 Å². The Hall–Kier alpha value is -1.48. The lowest BCUT2D eigenvalue weighted by Gasteiger charge is -2.38. The number of anilines is 1. The molecule has 0 saturated carbocycles. The normalized spacial score (nSPS) is 14.9. The van der Waals surface area contributed by atoms with Gasteiger partial charge in [-0.3, -0.25) is 4.99 Å². The largest absolute Gasteiger partial charge is 0.495 e. The van der Waals surface area contributed by atoms with Crippen LogP contribution in [0.15, 0.2) is 46.8 Å². The Labute approximate surface area is 170 Å². The summed E-state index contributed by atoms with van der Waals surface area (Å²) in [6.45, 7) is 4.64. The lowest BCUT2D eigenvalue weighted by molar-refractivity contribution is 0.367. The van der Waals surface area contributed by atoms with Crippen LogP contribution in [0.4, 0.5) is 5.69 Å². The highest BCUT2D eigenvalue weighted by molar-refractivity contribution is 14.0. The van der Waals surface area contributed by atoms with E-state index < -0.39 is 0 Å². The van der Waals surface area contributed by atoms with Gasteiger partial charge in [-0.25, -0.2) is 0 Å². The second-order valence-electron chi connectivity index (χ2n) is 5.63. The van der Waals surface area contributed by atoms with Crippen molar-refractivity contribution in [3.05, 3.63) is 46.7 Å². The standard InChI is InChI=1S/C18H24N4OS.HI/c1-19-18(20-14-15-6-5-13-24-15)22-11-9-21(10-12-22)16-7-3-4-8-17(16)23-2;/h3-8,13H,9-12,14H2,1-2H3,(H,19,20);1H. The third kappa shape index (κ3) is 5.01. The lowest BCUT2D eigenvalue weighted by Crippen LogP contribution is -2.52. The zero-order chi connectivity index (χ0) is 16.8. The number of nitrogens with one attached hydrogen (secondary N) is 1. The van der Waals surface area contributed by atoms with Gasteiger partial charge in [-0.1, -0.05) is 18.2 Å². The molecule has 0 amide bonds. The topological polar surface area (TPSA) is 40.1 Å². The second-order valence-corrected chi connectivity index (χ2v) is 6.66. The van der Waals surface area contributed by atoms with Crippen molar-refractivity contribution < 1.29 is 4.74 Å². The highest BCUT2D eigenvalue weighted by Gasteiger charge is 2.21. The first kappa shape index (κ1) is 19.8. The van der Waals surface area contributed by atoms with Gasteiger partial charge in [0.2, 0.25) is 0 Å². The van der Waals surface area contributed by atoms with Crippen LogP contribution in [0.25, 0.3) is 0 Å². The number of thiophene rings is 1. The molecule has 1 fully saturated rings. The van der Waals surface area contributed by atoms with E-state index in [0.717, 1.165) is 44.4 Å². The fourth-order valence-electron chi connectivity index (χ4n) is 2.96. The molecule has 0 bridgehead atoms. The zero-order valence-electron chi connectivity index (χ0n) is 14.6. The molecule has 1 aliphatic rings. The van der Waals surface area contributed by atoms with Gasteiger partial charge in [0.25, 0.3) is 0 Å². The number of rotatable bonds is 4. The molecule has 1 aromatic heterocycles. The minimum Gasteiger partial charge on any atom is -0.495 e. The van der Waals surface area contributed by atoms with Crippen LogP contribution in [0.1, 0.15) is 4.88 Å². The first-order chi connectivity index (χ1) is 11.8. The van der Waals surface area contributed by atoms with Crippen molar-refractivity contribution in [1.29, 1.82) is 0 Å². The molecular formula is C18H25IN4OS. The number of piperazine rings is 1. The molecule has 3 rings (SSSR count). The summed E-state index contributed by atoms with van der Waals surface area (Å²) in [6.07, 6.45) is 0. The molecule has 0 atom stereocenters. The van der Waals surface area contributed by atoms with Crippen molar-refractivity contribution in [2.75, 3.05) is 45.2 Å². The number of methoxy groups -OCH3 is 1. The Bertz CT molecular complexity index is 669. The van der Waals surface area contributed by atoms with Gasteiger partial charge in [-0.15, -0.1) is 35.3 Å². The van der Waals surface area contributed by atoms with Gasteiger partial charge in [-0.2, -0.15) is 0 Å². The average Bonchev–Trinajstić information content (AvgIpc) is 3.16. The molecule has 2 aromatic rings. The van der Waals surface area contributed by atoms with Crippen LogP contribution in [-0.4, -0.2) is 51.2 Å². The molecule has 7 heteroatoms. The second kappa shape index (κ2) is 9.86. The number of guanidine groups is 1. The maximum absolute atomic E-state index is 5.48. The molecule has 0 aliphatic carbocycles. The van der Waals surface area contributed by atoms with E-state index >= 15 is 0 Å². The lowest BCUT2D eigenvalue weighted by atomic mass is 10.2. The zero-order valence-corrected chi connectivity index (χ0v) is 17.8. The van der Waals surface area contributed by atoms with Crippen molar-refractivity contribution in [2.45, 2.75) is 6.54 Å². The van der Waals surface area contributed by atoms with Crippen LogP contribution < -0.4 is 15.0 Å². The fourth-order valence-corrected chi connectivity index (χ4v) is 3.61. The molecular weight excluding hydrogens is 447 g/mol. The number of halogens is 1. The fraction of sp³-hybridized carbons (Fsp3) is 0.389. The van der Waals surface area contributed by atoms with Gasteiger partial charge < -0.3 is 19.9 Å². The van der Waals surface area contributed by atoms with Crippen LogP contribution in [0.5, 0.6) is 5.75 Å². The highest BCUT2D eigenvalue weighted by Crippen LogP contribution is 2.28. The summed E-state index contributed by atoms with van der Waals surface area (Å²) in [4.78, 5) is 10.5. The Morgan fingerprint density at radius 1 is 1.16 bits per heavy atom. The average molecular weight is 472 g/mol. The van der Waals surface area contributed by atoms with Crippen molar-refractivity contribution in [3.63, 3.8) is 0 Å². The molecule has 136 valence electrons. The van der Waals surface area contributed by atoms with Gasteiger partial charge in [0.05, 0.1) is 19.3 Å². The minimum atomic E-state index is 0. The molecule has 25 heavy (non-hydrogen) atoms. The minimum absolute atomic E-state index is 0. The van der Waals surface area contributed by atoms with Crippen LogP contribution in [-0.2, 0) is 6.54 Å². The molecule has 5 nitrogen and oxygen atoms in total. The quantitative estimate of drug-likeness (QED) is 0.422. The van der Waals surface area contributed by atoms with Gasteiger partial charge in [0.1, 0.15) is 5.75 Å². The van der Waals surface area contributed by atoms with Gasteiger partial charge in [-0.05, 0) is 23.6 Å². The number of benzene rings is 1. The maximum atomic E-state index is 5.48. The van der Waals surface area contributed by atoms with Crippen LogP contribution >= 0.6 is 35.3 Å². The third-order valence-electron chi connectivity index (χ3n) is 4.22. The van der Waals surface area contributed by atoms with E-state index in [1.165, 1.54) is 10.6 Å². The van der Waals surface area contributed by atoms with E-state index in [1.54, 1.807) is 18.4 Å². The van der Waals surface area contributed by atoms with E-state index in [1.807, 2.05) is 19.2 Å². The van der Waals surface area contributed by atoms with Crippen molar-refractivity contribution in [3.8, 4) is 5.75 Å². The Kier molecular flexibility index (Phi) is 7.83. The Morgan fingerprint density at radius 3 is 2.56 bits per heavy atom. The first-order valence-corrected chi connectivity index (χ1v) is 9.05. The van der Waals surface area contributed by atoms with Crippen molar-refractivity contribution in [1.82, 2.24) is 10.2 Å². The summed E-state index contributed by atoms with van der Waals surface area (Å²) in [5.41, 5.74) is 1.17. The molecule has 0 radical (unpaired) electrons. The SMILES string of the molecule is CN=C(NCc1cccs1)N1CCN(c2ccccc2OC)CC1.I. The summed E-state index contributed by atoms with van der Waals surface area (Å²) in [5.74, 6) is 1.91. The number of nitrogens with zero attached hydrogens (tertiary/aromatic N) is 3. The summed E-state index contributed by atoms with van der Waals surface area (Å²) in [7, 11) is 3.58. The first-order valence-electron chi connectivity index (χ1n) is 8.17. The van der Waals surface area contributed by atoms with Crippen molar-refractivity contribution >= 4 is 47.0 Å². The number of ether oxygens (including phenoxy) is 1. The number of aliphatic imine (C=N–C) groups is 1. The number of hydrogen-bond acceptors (Lipinski definition) is 4. The van der Waals surface area contributed by atoms with E-state index in [-0.39, 0.29) is 24.0 Å². The predicted octanol–water partition coefficient (Wildman–Crippen LogP) is 3.27. The number of para-hydroxylation sites is 2. The summed E-state index contributed by atoms with van der Waals surface area (Å²) < 4.78 is 5.48.